The van der Waals surface area contributed by atoms with E-state index in [0.717, 1.165) is 18.6 Å². The molecule has 2 heterocycles. The SMILES string of the molecule is Cl.Cn1nc(C(=O)NCC2CNC2)c(=O)c2ccccc21. The largest absolute Gasteiger partial charge is 0.350 e. The molecule has 0 bridgehead atoms. The van der Waals surface area contributed by atoms with Crippen LogP contribution in [-0.2, 0) is 7.05 Å². The number of benzene rings is 1. The summed E-state index contributed by atoms with van der Waals surface area (Å²) in [5.74, 6) is 0.0477. The fourth-order valence-electron chi connectivity index (χ4n) is 2.29. The number of amides is 1. The number of carbonyl (C=O) groups is 1. The summed E-state index contributed by atoms with van der Waals surface area (Å²) in [6, 6.07) is 7.15. The first-order valence-electron chi connectivity index (χ1n) is 6.62. The highest BCUT2D eigenvalue weighted by atomic mass is 35.5. The van der Waals surface area contributed by atoms with Crippen LogP contribution >= 0.6 is 12.4 Å². The van der Waals surface area contributed by atoms with Gasteiger partial charge in [-0.15, -0.1) is 12.4 Å². The van der Waals surface area contributed by atoms with Gasteiger partial charge in [0.25, 0.3) is 5.91 Å². The van der Waals surface area contributed by atoms with E-state index < -0.39 is 5.91 Å². The third-order valence-electron chi connectivity index (χ3n) is 3.59. The zero-order valence-electron chi connectivity index (χ0n) is 11.6. The summed E-state index contributed by atoms with van der Waals surface area (Å²) in [6.45, 7) is 2.39. The van der Waals surface area contributed by atoms with Crippen LogP contribution in [0, 0.1) is 5.92 Å². The third kappa shape index (κ3) is 2.91. The molecule has 2 aromatic rings. The summed E-state index contributed by atoms with van der Waals surface area (Å²) in [5, 5.41) is 10.5. The molecular weight excluding hydrogens is 292 g/mol. The van der Waals surface area contributed by atoms with Crippen molar-refractivity contribution in [3.63, 3.8) is 0 Å². The fourth-order valence-corrected chi connectivity index (χ4v) is 2.29. The first kappa shape index (κ1) is 15.5. The lowest BCUT2D eigenvalue weighted by Crippen LogP contribution is -2.48. The topological polar surface area (TPSA) is 76.0 Å². The van der Waals surface area contributed by atoms with E-state index >= 15 is 0 Å². The average Bonchev–Trinajstić information content (AvgIpc) is 2.41. The lowest BCUT2D eigenvalue weighted by atomic mass is 10.0. The highest BCUT2D eigenvalue weighted by Gasteiger charge is 2.20. The molecule has 3 rings (SSSR count). The number of aryl methyl sites for hydroxylation is 1. The van der Waals surface area contributed by atoms with Crippen LogP contribution in [0.1, 0.15) is 10.5 Å². The molecule has 112 valence electrons. The van der Waals surface area contributed by atoms with Crippen molar-refractivity contribution in [3.05, 3.63) is 40.2 Å². The second-order valence-corrected chi connectivity index (χ2v) is 5.05. The van der Waals surface area contributed by atoms with E-state index in [9.17, 15) is 9.59 Å². The molecule has 7 heteroatoms. The Hall–Kier alpha value is -1.92. The van der Waals surface area contributed by atoms with Crippen molar-refractivity contribution in [1.29, 1.82) is 0 Å². The van der Waals surface area contributed by atoms with Gasteiger partial charge in [0.2, 0.25) is 5.43 Å². The van der Waals surface area contributed by atoms with Gasteiger partial charge in [0.1, 0.15) is 0 Å². The molecule has 0 aliphatic carbocycles. The van der Waals surface area contributed by atoms with Crippen molar-refractivity contribution >= 4 is 29.2 Å². The van der Waals surface area contributed by atoms with Crippen LogP contribution in [0.5, 0.6) is 0 Å². The fraction of sp³-hybridized carbons (Fsp3) is 0.357. The number of hydrogen-bond donors (Lipinski definition) is 2. The predicted molar refractivity (Wildman–Crippen MR) is 82.9 cm³/mol. The zero-order chi connectivity index (χ0) is 14.1. The van der Waals surface area contributed by atoms with Crippen LogP contribution in [-0.4, -0.2) is 35.3 Å². The van der Waals surface area contributed by atoms with E-state index in [1.165, 1.54) is 0 Å². The van der Waals surface area contributed by atoms with Gasteiger partial charge in [-0.2, -0.15) is 5.10 Å². The summed E-state index contributed by atoms with van der Waals surface area (Å²) in [6.07, 6.45) is 0. The molecule has 1 amide bonds. The van der Waals surface area contributed by atoms with Crippen molar-refractivity contribution in [2.75, 3.05) is 19.6 Å². The minimum atomic E-state index is -0.400. The Morgan fingerprint density at radius 1 is 1.43 bits per heavy atom. The molecule has 0 saturated carbocycles. The Morgan fingerprint density at radius 3 is 2.81 bits per heavy atom. The molecule has 1 aromatic carbocycles. The van der Waals surface area contributed by atoms with Crippen molar-refractivity contribution < 1.29 is 4.79 Å². The van der Waals surface area contributed by atoms with Gasteiger partial charge in [-0.3, -0.25) is 14.3 Å². The Labute approximate surface area is 127 Å². The number of halogens is 1. The number of para-hydroxylation sites is 1. The lowest BCUT2D eigenvalue weighted by molar-refractivity contribution is 0.0934. The van der Waals surface area contributed by atoms with Crippen molar-refractivity contribution in [1.82, 2.24) is 20.4 Å². The average molecular weight is 309 g/mol. The second kappa shape index (κ2) is 6.24. The van der Waals surface area contributed by atoms with Crippen LogP contribution < -0.4 is 16.1 Å². The quantitative estimate of drug-likeness (QED) is 0.855. The molecule has 6 nitrogen and oxygen atoms in total. The number of nitrogens with zero attached hydrogens (tertiary/aromatic N) is 2. The zero-order valence-corrected chi connectivity index (χ0v) is 12.4. The number of carbonyl (C=O) groups excluding carboxylic acids is 1. The third-order valence-corrected chi connectivity index (χ3v) is 3.59. The van der Waals surface area contributed by atoms with E-state index in [-0.39, 0.29) is 23.5 Å². The Balaban J connectivity index is 0.00000161. The molecule has 2 N–H and O–H groups in total. The van der Waals surface area contributed by atoms with Crippen LogP contribution in [0.3, 0.4) is 0 Å². The maximum absolute atomic E-state index is 12.3. The van der Waals surface area contributed by atoms with Gasteiger partial charge in [-0.1, -0.05) is 12.1 Å². The number of nitrogens with one attached hydrogen (secondary N) is 2. The lowest BCUT2D eigenvalue weighted by Gasteiger charge is -2.26. The van der Waals surface area contributed by atoms with Gasteiger partial charge >= 0.3 is 0 Å². The summed E-state index contributed by atoms with van der Waals surface area (Å²) in [7, 11) is 1.73. The van der Waals surface area contributed by atoms with Gasteiger partial charge in [0.15, 0.2) is 5.69 Å². The van der Waals surface area contributed by atoms with Crippen molar-refractivity contribution in [3.8, 4) is 0 Å². The maximum atomic E-state index is 12.3. The standard InChI is InChI=1S/C14H16N4O2.ClH/c1-18-11-5-3-2-4-10(11)13(19)12(17-18)14(20)16-8-9-6-15-7-9;/h2-5,9,15H,6-8H2,1H3,(H,16,20);1H. The summed E-state index contributed by atoms with van der Waals surface area (Å²) in [4.78, 5) is 24.4. The minimum Gasteiger partial charge on any atom is -0.350 e. The first-order chi connectivity index (χ1) is 9.66. The normalized spacial score (nSPS) is 14.3. The Morgan fingerprint density at radius 2 is 2.14 bits per heavy atom. The number of aromatic nitrogens is 2. The summed E-state index contributed by atoms with van der Waals surface area (Å²) in [5.41, 5.74) is 0.360. The molecule has 1 fully saturated rings. The summed E-state index contributed by atoms with van der Waals surface area (Å²) < 4.78 is 1.57. The van der Waals surface area contributed by atoms with Crippen LogP contribution in [0.4, 0.5) is 0 Å². The molecule has 1 saturated heterocycles. The number of hydrogen-bond acceptors (Lipinski definition) is 4. The van der Waals surface area contributed by atoms with Gasteiger partial charge in [-0.25, -0.2) is 0 Å². The molecule has 0 spiro atoms. The molecule has 21 heavy (non-hydrogen) atoms. The maximum Gasteiger partial charge on any atom is 0.275 e. The molecular formula is C14H17ClN4O2. The minimum absolute atomic E-state index is 0. The molecule has 0 radical (unpaired) electrons. The molecule has 0 unspecified atom stereocenters. The highest BCUT2D eigenvalue weighted by Crippen LogP contribution is 2.08. The number of rotatable bonds is 3. The van der Waals surface area contributed by atoms with E-state index in [4.69, 9.17) is 0 Å². The summed E-state index contributed by atoms with van der Waals surface area (Å²) >= 11 is 0. The number of fused-ring (bicyclic) bond motifs is 1. The van der Waals surface area contributed by atoms with Gasteiger partial charge in [0, 0.05) is 38.0 Å². The first-order valence-corrected chi connectivity index (χ1v) is 6.62. The van der Waals surface area contributed by atoms with Crippen LogP contribution in [0.15, 0.2) is 29.1 Å². The van der Waals surface area contributed by atoms with Crippen molar-refractivity contribution in [2.45, 2.75) is 0 Å². The Bertz CT molecular complexity index is 724. The smallest absolute Gasteiger partial charge is 0.275 e. The van der Waals surface area contributed by atoms with E-state index in [2.05, 4.69) is 15.7 Å². The van der Waals surface area contributed by atoms with Gasteiger partial charge < -0.3 is 10.6 Å². The highest BCUT2D eigenvalue weighted by molar-refractivity contribution is 5.95. The van der Waals surface area contributed by atoms with Crippen molar-refractivity contribution in [2.24, 2.45) is 13.0 Å². The second-order valence-electron chi connectivity index (χ2n) is 5.05. The van der Waals surface area contributed by atoms with E-state index in [0.29, 0.717) is 17.8 Å². The molecule has 1 aliphatic heterocycles. The monoisotopic (exact) mass is 308 g/mol. The van der Waals surface area contributed by atoms with Crippen LogP contribution in [0.25, 0.3) is 10.9 Å². The molecule has 1 aliphatic rings. The van der Waals surface area contributed by atoms with Crippen LogP contribution in [0.2, 0.25) is 0 Å². The Kier molecular flexibility index (Phi) is 4.59. The van der Waals surface area contributed by atoms with Gasteiger partial charge in [0.05, 0.1) is 5.52 Å². The molecule has 0 atom stereocenters. The van der Waals surface area contributed by atoms with E-state index in [1.54, 1.807) is 23.9 Å². The van der Waals surface area contributed by atoms with E-state index in [1.807, 2.05) is 12.1 Å². The van der Waals surface area contributed by atoms with Gasteiger partial charge in [-0.05, 0) is 12.1 Å². The molecule has 1 aromatic heterocycles. The predicted octanol–water partition coefficient (Wildman–Crippen LogP) is 0.305.